The SMILES string of the molecule is COC(=O)c1ccc(CN(c2ccccc2)S(C)(=O)=O)c(F)c1. The van der Waals surface area contributed by atoms with E-state index in [-0.39, 0.29) is 17.7 Å². The van der Waals surface area contributed by atoms with E-state index in [0.717, 1.165) is 16.6 Å². The number of para-hydroxylation sites is 1. The van der Waals surface area contributed by atoms with E-state index in [4.69, 9.17) is 0 Å². The Bertz CT molecular complexity index is 806. The molecule has 23 heavy (non-hydrogen) atoms. The van der Waals surface area contributed by atoms with Crippen LogP contribution in [-0.2, 0) is 21.3 Å². The normalized spacial score (nSPS) is 11.1. The van der Waals surface area contributed by atoms with Crippen LogP contribution in [0, 0.1) is 5.82 Å². The van der Waals surface area contributed by atoms with Crippen molar-refractivity contribution in [2.45, 2.75) is 6.54 Å². The average molecular weight is 337 g/mol. The quantitative estimate of drug-likeness (QED) is 0.787. The summed E-state index contributed by atoms with van der Waals surface area (Å²) >= 11 is 0. The van der Waals surface area contributed by atoms with E-state index in [0.29, 0.717) is 5.69 Å². The summed E-state index contributed by atoms with van der Waals surface area (Å²) in [6.07, 6.45) is 1.06. The van der Waals surface area contributed by atoms with Crippen LogP contribution in [0.15, 0.2) is 48.5 Å². The summed E-state index contributed by atoms with van der Waals surface area (Å²) in [5.74, 6) is -1.32. The third-order valence-corrected chi connectivity index (χ3v) is 4.37. The molecule has 2 aromatic carbocycles. The molecule has 0 saturated carbocycles. The fourth-order valence-corrected chi connectivity index (χ4v) is 2.95. The predicted octanol–water partition coefficient (Wildman–Crippen LogP) is 2.58. The van der Waals surface area contributed by atoms with Crippen LogP contribution in [0.1, 0.15) is 15.9 Å². The molecule has 0 heterocycles. The van der Waals surface area contributed by atoms with Crippen LogP contribution >= 0.6 is 0 Å². The van der Waals surface area contributed by atoms with Crippen molar-refractivity contribution in [3.63, 3.8) is 0 Å². The van der Waals surface area contributed by atoms with E-state index in [1.165, 1.54) is 19.2 Å². The number of rotatable bonds is 5. The predicted molar refractivity (Wildman–Crippen MR) is 85.2 cm³/mol. The Morgan fingerprint density at radius 1 is 1.17 bits per heavy atom. The van der Waals surface area contributed by atoms with Crippen LogP contribution < -0.4 is 4.31 Å². The van der Waals surface area contributed by atoms with Crippen LogP contribution in [-0.4, -0.2) is 27.8 Å². The summed E-state index contributed by atoms with van der Waals surface area (Å²) in [7, 11) is -2.39. The minimum absolute atomic E-state index is 0.0689. The van der Waals surface area contributed by atoms with Gasteiger partial charge in [-0.2, -0.15) is 0 Å². The van der Waals surface area contributed by atoms with Crippen LogP contribution in [0.4, 0.5) is 10.1 Å². The van der Waals surface area contributed by atoms with Gasteiger partial charge in [0.1, 0.15) is 5.82 Å². The van der Waals surface area contributed by atoms with E-state index >= 15 is 0 Å². The highest BCUT2D eigenvalue weighted by Gasteiger charge is 2.20. The summed E-state index contributed by atoms with van der Waals surface area (Å²) in [6.45, 7) is -0.171. The number of methoxy groups -OCH3 is 1. The van der Waals surface area contributed by atoms with Crippen molar-refractivity contribution in [2.75, 3.05) is 17.7 Å². The largest absolute Gasteiger partial charge is 0.465 e. The van der Waals surface area contributed by atoms with Gasteiger partial charge in [-0.1, -0.05) is 24.3 Å². The van der Waals surface area contributed by atoms with Crippen molar-refractivity contribution in [3.05, 3.63) is 65.5 Å². The number of carbonyl (C=O) groups excluding carboxylic acids is 1. The van der Waals surface area contributed by atoms with Gasteiger partial charge in [0.2, 0.25) is 10.0 Å². The van der Waals surface area contributed by atoms with Crippen molar-refractivity contribution < 1.29 is 22.3 Å². The van der Waals surface area contributed by atoms with E-state index in [2.05, 4.69) is 4.74 Å². The van der Waals surface area contributed by atoms with Crippen molar-refractivity contribution in [3.8, 4) is 0 Å². The number of hydrogen-bond donors (Lipinski definition) is 0. The lowest BCUT2D eigenvalue weighted by molar-refractivity contribution is 0.0600. The smallest absolute Gasteiger partial charge is 0.337 e. The molecule has 0 aromatic heterocycles. The van der Waals surface area contributed by atoms with Crippen LogP contribution in [0.3, 0.4) is 0 Å². The van der Waals surface area contributed by atoms with Crippen molar-refractivity contribution in [1.82, 2.24) is 0 Å². The van der Waals surface area contributed by atoms with Gasteiger partial charge in [0.05, 0.1) is 31.2 Å². The first kappa shape index (κ1) is 17.0. The van der Waals surface area contributed by atoms with Crippen molar-refractivity contribution in [2.24, 2.45) is 0 Å². The first-order chi connectivity index (χ1) is 10.8. The number of halogens is 1. The summed E-state index contributed by atoms with van der Waals surface area (Å²) in [4.78, 5) is 11.4. The minimum Gasteiger partial charge on any atom is -0.465 e. The molecule has 0 bridgehead atoms. The molecular weight excluding hydrogens is 321 g/mol. The molecule has 0 radical (unpaired) electrons. The van der Waals surface area contributed by atoms with Gasteiger partial charge in [-0.15, -0.1) is 0 Å². The third kappa shape index (κ3) is 4.07. The Morgan fingerprint density at radius 2 is 1.83 bits per heavy atom. The number of benzene rings is 2. The molecule has 0 saturated heterocycles. The van der Waals surface area contributed by atoms with E-state index < -0.39 is 21.8 Å². The zero-order chi connectivity index (χ0) is 17.0. The second-order valence-electron chi connectivity index (χ2n) is 4.90. The molecule has 2 rings (SSSR count). The molecule has 7 heteroatoms. The van der Waals surface area contributed by atoms with E-state index in [9.17, 15) is 17.6 Å². The molecule has 0 N–H and O–H groups in total. The average Bonchev–Trinajstić information content (AvgIpc) is 2.52. The summed E-state index contributed by atoms with van der Waals surface area (Å²) in [5.41, 5.74) is 0.665. The monoisotopic (exact) mass is 337 g/mol. The molecule has 5 nitrogen and oxygen atoms in total. The molecule has 2 aromatic rings. The van der Waals surface area contributed by atoms with E-state index in [1.54, 1.807) is 30.3 Å². The highest BCUT2D eigenvalue weighted by Crippen LogP contribution is 2.22. The number of ether oxygens (including phenoxy) is 1. The molecule has 0 aliphatic rings. The third-order valence-electron chi connectivity index (χ3n) is 3.23. The van der Waals surface area contributed by atoms with Gasteiger partial charge in [-0.25, -0.2) is 17.6 Å². The molecule has 0 fully saturated rings. The lowest BCUT2D eigenvalue weighted by Gasteiger charge is -2.22. The first-order valence-electron chi connectivity index (χ1n) is 6.72. The first-order valence-corrected chi connectivity index (χ1v) is 8.57. The topological polar surface area (TPSA) is 63.7 Å². The Morgan fingerprint density at radius 3 is 2.35 bits per heavy atom. The summed E-state index contributed by atoms with van der Waals surface area (Å²) < 4.78 is 43.8. The lowest BCUT2D eigenvalue weighted by Crippen LogP contribution is -2.29. The number of esters is 1. The Kier molecular flexibility index (Phi) is 5.00. The van der Waals surface area contributed by atoms with Gasteiger partial charge in [-0.05, 0) is 24.3 Å². The number of sulfonamides is 1. The number of carbonyl (C=O) groups is 1. The molecule has 0 spiro atoms. The standard InChI is InChI=1S/C16H16FNO4S/c1-22-16(19)12-8-9-13(15(17)10-12)11-18(23(2,20)21)14-6-4-3-5-7-14/h3-10H,11H2,1-2H3. The maximum atomic E-state index is 14.2. The molecule has 0 aliphatic heterocycles. The van der Waals surface area contributed by atoms with Gasteiger partial charge >= 0.3 is 5.97 Å². The van der Waals surface area contributed by atoms with Crippen molar-refractivity contribution >= 4 is 21.7 Å². The van der Waals surface area contributed by atoms with Crippen LogP contribution in [0.25, 0.3) is 0 Å². The number of anilines is 1. The fourth-order valence-electron chi connectivity index (χ4n) is 2.07. The molecule has 0 atom stereocenters. The highest BCUT2D eigenvalue weighted by atomic mass is 32.2. The lowest BCUT2D eigenvalue weighted by atomic mass is 10.1. The molecule has 0 unspecified atom stereocenters. The molecule has 0 aliphatic carbocycles. The maximum Gasteiger partial charge on any atom is 0.337 e. The number of nitrogens with zero attached hydrogens (tertiary/aromatic N) is 1. The summed E-state index contributed by atoms with van der Waals surface area (Å²) in [6, 6.07) is 12.2. The van der Waals surface area contributed by atoms with Crippen LogP contribution in [0.5, 0.6) is 0 Å². The van der Waals surface area contributed by atoms with Gasteiger partial charge < -0.3 is 4.74 Å². The maximum absolute atomic E-state index is 14.2. The van der Waals surface area contributed by atoms with Crippen LogP contribution in [0.2, 0.25) is 0 Å². The highest BCUT2D eigenvalue weighted by molar-refractivity contribution is 7.92. The molecule has 122 valence electrons. The fraction of sp³-hybridized carbons (Fsp3) is 0.188. The molecule has 0 amide bonds. The summed E-state index contributed by atoms with van der Waals surface area (Å²) in [5, 5.41) is 0. The van der Waals surface area contributed by atoms with Gasteiger partial charge in [0, 0.05) is 5.56 Å². The Hall–Kier alpha value is -2.41. The second-order valence-corrected chi connectivity index (χ2v) is 6.81. The zero-order valence-corrected chi connectivity index (χ0v) is 13.5. The number of hydrogen-bond acceptors (Lipinski definition) is 4. The van der Waals surface area contributed by atoms with Gasteiger partial charge in [0.15, 0.2) is 0 Å². The zero-order valence-electron chi connectivity index (χ0n) is 12.7. The Balaban J connectivity index is 2.36. The Labute approximate surface area is 134 Å². The van der Waals surface area contributed by atoms with Gasteiger partial charge in [-0.3, -0.25) is 4.31 Å². The van der Waals surface area contributed by atoms with Gasteiger partial charge in [0.25, 0.3) is 0 Å². The molecular formula is C16H16FNO4S. The second kappa shape index (κ2) is 6.78. The van der Waals surface area contributed by atoms with E-state index in [1.807, 2.05) is 0 Å². The van der Waals surface area contributed by atoms with Crippen molar-refractivity contribution in [1.29, 1.82) is 0 Å². The minimum atomic E-state index is -3.59.